The van der Waals surface area contributed by atoms with E-state index in [-0.39, 0.29) is 11.9 Å². The monoisotopic (exact) mass is 284 g/mol. The molecule has 0 aliphatic rings. The Hall–Kier alpha value is -1.40. The third kappa shape index (κ3) is 4.33. The van der Waals surface area contributed by atoms with E-state index in [0.717, 1.165) is 10.6 Å². The summed E-state index contributed by atoms with van der Waals surface area (Å²) < 4.78 is 24.4. The molecule has 0 spiro atoms. The van der Waals surface area contributed by atoms with E-state index in [1.165, 1.54) is 7.05 Å². The van der Waals surface area contributed by atoms with Gasteiger partial charge in [-0.05, 0) is 19.4 Å². The Morgan fingerprint density at radius 1 is 1.21 bits per heavy atom. The molecule has 1 amide bonds. The molecule has 106 valence electrons. The van der Waals surface area contributed by atoms with Gasteiger partial charge in [0.1, 0.15) is 6.04 Å². The molecular formula is C13H20N2O3S. The summed E-state index contributed by atoms with van der Waals surface area (Å²) in [4.78, 5) is 12.2. The molecule has 0 aliphatic heterocycles. The average molecular weight is 284 g/mol. The van der Waals surface area contributed by atoms with Gasteiger partial charge in [0.25, 0.3) is 0 Å². The summed E-state index contributed by atoms with van der Waals surface area (Å²) in [6, 6.07) is 7.97. The first kappa shape index (κ1) is 15.7. The second-order valence-electron chi connectivity index (χ2n) is 4.76. The van der Waals surface area contributed by atoms with E-state index >= 15 is 0 Å². The molecule has 0 aromatic heterocycles. The van der Waals surface area contributed by atoms with E-state index < -0.39 is 16.1 Å². The molecule has 1 aromatic carbocycles. The van der Waals surface area contributed by atoms with E-state index in [1.54, 1.807) is 24.3 Å². The summed E-state index contributed by atoms with van der Waals surface area (Å²) in [6.07, 6.45) is 1.09. The molecule has 19 heavy (non-hydrogen) atoms. The highest BCUT2D eigenvalue weighted by Crippen LogP contribution is 2.21. The van der Waals surface area contributed by atoms with Crippen molar-refractivity contribution in [3.63, 3.8) is 0 Å². The highest BCUT2D eigenvalue weighted by Gasteiger charge is 2.30. The summed E-state index contributed by atoms with van der Waals surface area (Å²) >= 11 is 0. The van der Waals surface area contributed by atoms with Crippen molar-refractivity contribution < 1.29 is 13.2 Å². The van der Waals surface area contributed by atoms with E-state index in [4.69, 9.17) is 0 Å². The topological polar surface area (TPSA) is 66.5 Å². The zero-order chi connectivity index (χ0) is 14.6. The fourth-order valence-electron chi connectivity index (χ4n) is 1.72. The van der Waals surface area contributed by atoms with Crippen LogP contribution in [0.2, 0.25) is 0 Å². The maximum atomic E-state index is 12.2. The Morgan fingerprint density at radius 2 is 1.74 bits per heavy atom. The average Bonchev–Trinajstić information content (AvgIpc) is 2.28. The number of hydrogen-bond donors (Lipinski definition) is 1. The lowest BCUT2D eigenvalue weighted by atomic mass is 10.1. The van der Waals surface area contributed by atoms with Gasteiger partial charge in [-0.1, -0.05) is 30.3 Å². The van der Waals surface area contributed by atoms with Crippen LogP contribution >= 0.6 is 0 Å². The zero-order valence-electron chi connectivity index (χ0n) is 11.6. The maximum Gasteiger partial charge on any atom is 0.243 e. The third-order valence-corrected chi connectivity index (χ3v) is 3.94. The first-order chi connectivity index (χ1) is 8.73. The lowest BCUT2D eigenvalue weighted by Crippen LogP contribution is -2.43. The molecule has 1 atom stereocenters. The molecule has 0 radical (unpaired) electrons. The molecule has 0 saturated heterocycles. The molecule has 0 fully saturated rings. The van der Waals surface area contributed by atoms with Crippen molar-refractivity contribution in [2.75, 3.05) is 13.3 Å². The fraction of sp³-hybridized carbons (Fsp3) is 0.462. The Morgan fingerprint density at radius 3 is 2.16 bits per heavy atom. The summed E-state index contributed by atoms with van der Waals surface area (Å²) in [5.41, 5.74) is 0.647. The van der Waals surface area contributed by atoms with E-state index in [1.807, 2.05) is 19.9 Å². The molecule has 0 heterocycles. The van der Waals surface area contributed by atoms with Crippen molar-refractivity contribution in [1.82, 2.24) is 9.62 Å². The molecule has 1 rings (SSSR count). The first-order valence-corrected chi connectivity index (χ1v) is 7.86. The Labute approximate surface area is 114 Å². The highest BCUT2D eigenvalue weighted by atomic mass is 32.2. The van der Waals surface area contributed by atoms with Gasteiger partial charge in [-0.2, -0.15) is 4.31 Å². The van der Waals surface area contributed by atoms with Crippen LogP contribution < -0.4 is 5.32 Å². The van der Waals surface area contributed by atoms with Crippen molar-refractivity contribution in [2.45, 2.75) is 25.9 Å². The van der Waals surface area contributed by atoms with Crippen LogP contribution in [0.5, 0.6) is 0 Å². The molecule has 0 saturated carbocycles. The van der Waals surface area contributed by atoms with Crippen LogP contribution in [0, 0.1) is 0 Å². The number of likely N-dealkylation sites (N-methyl/N-ethyl adjacent to an activating group) is 1. The summed E-state index contributed by atoms with van der Waals surface area (Å²) in [5, 5.41) is 2.75. The van der Waals surface area contributed by atoms with Gasteiger partial charge in [0, 0.05) is 13.1 Å². The number of sulfonamides is 1. The number of benzene rings is 1. The van der Waals surface area contributed by atoms with Crippen molar-refractivity contribution in [1.29, 1.82) is 0 Å². The van der Waals surface area contributed by atoms with Crippen molar-refractivity contribution in [2.24, 2.45) is 0 Å². The normalized spacial score (nSPS) is 13.6. The second kappa shape index (κ2) is 6.16. The van der Waals surface area contributed by atoms with Gasteiger partial charge in [-0.15, -0.1) is 0 Å². The number of nitrogens with one attached hydrogen (secondary N) is 1. The molecule has 1 N–H and O–H groups in total. The number of amides is 1. The van der Waals surface area contributed by atoms with E-state index in [2.05, 4.69) is 5.32 Å². The second-order valence-corrected chi connectivity index (χ2v) is 6.80. The summed E-state index contributed by atoms with van der Waals surface area (Å²) in [7, 11) is -2.05. The lowest BCUT2D eigenvalue weighted by Gasteiger charge is -2.26. The first-order valence-electron chi connectivity index (χ1n) is 6.02. The van der Waals surface area contributed by atoms with Crippen LogP contribution in [-0.4, -0.2) is 38.0 Å². The van der Waals surface area contributed by atoms with Crippen molar-refractivity contribution in [3.8, 4) is 0 Å². The Balaban J connectivity index is 3.16. The van der Waals surface area contributed by atoms with Crippen LogP contribution in [-0.2, 0) is 14.8 Å². The standard InChI is InChI=1S/C13H20N2O3S/c1-10(2)14-13(16)12(15(3)19(4,17)18)11-8-6-5-7-9-11/h5-10,12H,1-4H3,(H,14,16)/t12-/m1/s1. The van der Waals surface area contributed by atoms with Gasteiger partial charge in [0.15, 0.2) is 0 Å². The van der Waals surface area contributed by atoms with Crippen molar-refractivity contribution >= 4 is 15.9 Å². The SMILES string of the molecule is CC(C)NC(=O)[C@@H](c1ccccc1)N(C)S(C)(=O)=O. The van der Waals surface area contributed by atoms with Gasteiger partial charge < -0.3 is 5.32 Å². The molecule has 1 aromatic rings. The third-order valence-electron chi connectivity index (χ3n) is 2.68. The smallest absolute Gasteiger partial charge is 0.243 e. The van der Waals surface area contributed by atoms with Gasteiger partial charge in [-0.3, -0.25) is 4.79 Å². The predicted octanol–water partition coefficient (Wildman–Crippen LogP) is 1.14. The largest absolute Gasteiger partial charge is 0.352 e. The Bertz CT molecular complexity index is 526. The van der Waals surface area contributed by atoms with E-state index in [9.17, 15) is 13.2 Å². The van der Waals surface area contributed by atoms with Gasteiger partial charge in [-0.25, -0.2) is 8.42 Å². The minimum atomic E-state index is -3.46. The minimum absolute atomic E-state index is 0.0494. The minimum Gasteiger partial charge on any atom is -0.352 e. The number of rotatable bonds is 5. The quantitative estimate of drug-likeness (QED) is 0.882. The van der Waals surface area contributed by atoms with Crippen LogP contribution in [0.25, 0.3) is 0 Å². The van der Waals surface area contributed by atoms with Gasteiger partial charge in [0.2, 0.25) is 15.9 Å². The van der Waals surface area contributed by atoms with Crippen LogP contribution in [0.15, 0.2) is 30.3 Å². The number of carbonyl (C=O) groups excluding carboxylic acids is 1. The molecule has 5 nitrogen and oxygen atoms in total. The van der Waals surface area contributed by atoms with E-state index in [0.29, 0.717) is 5.56 Å². The molecule has 0 bridgehead atoms. The van der Waals surface area contributed by atoms with Crippen LogP contribution in [0.1, 0.15) is 25.5 Å². The number of nitrogens with zero attached hydrogens (tertiary/aromatic N) is 1. The molecule has 0 unspecified atom stereocenters. The molecule has 0 aliphatic carbocycles. The molecular weight excluding hydrogens is 264 g/mol. The summed E-state index contributed by atoms with van der Waals surface area (Å²) in [5.74, 6) is -0.325. The fourth-order valence-corrected chi connectivity index (χ4v) is 2.32. The van der Waals surface area contributed by atoms with Crippen LogP contribution in [0.4, 0.5) is 0 Å². The molecule has 6 heteroatoms. The van der Waals surface area contributed by atoms with Gasteiger partial charge in [0.05, 0.1) is 6.26 Å². The number of hydrogen-bond acceptors (Lipinski definition) is 3. The van der Waals surface area contributed by atoms with Crippen LogP contribution in [0.3, 0.4) is 0 Å². The zero-order valence-corrected chi connectivity index (χ0v) is 12.4. The maximum absolute atomic E-state index is 12.2. The lowest BCUT2D eigenvalue weighted by molar-refractivity contribution is -0.125. The predicted molar refractivity (Wildman–Crippen MR) is 75.1 cm³/mol. The Kier molecular flexibility index (Phi) is 5.08. The highest BCUT2D eigenvalue weighted by molar-refractivity contribution is 7.88. The van der Waals surface area contributed by atoms with Crippen molar-refractivity contribution in [3.05, 3.63) is 35.9 Å². The number of carbonyl (C=O) groups is 1. The van der Waals surface area contributed by atoms with Gasteiger partial charge >= 0.3 is 0 Å². The summed E-state index contributed by atoms with van der Waals surface area (Å²) in [6.45, 7) is 3.67.